The average molecular weight is 331 g/mol. The molecule has 3 aromatic carbocycles. The van der Waals surface area contributed by atoms with Crippen molar-refractivity contribution in [1.29, 1.82) is 0 Å². The normalized spacial score (nSPS) is 12.6. The Balaban J connectivity index is 1.59. The molecule has 0 aliphatic heterocycles. The van der Waals surface area contributed by atoms with E-state index in [1.165, 1.54) is 5.39 Å². The summed E-state index contributed by atoms with van der Waals surface area (Å²) in [6.07, 6.45) is 0. The van der Waals surface area contributed by atoms with Gasteiger partial charge in [-0.1, -0.05) is 48.5 Å². The third-order valence-electron chi connectivity index (χ3n) is 4.41. The number of rotatable bonds is 5. The zero-order chi connectivity index (χ0) is 17.2. The van der Waals surface area contributed by atoms with E-state index in [-0.39, 0.29) is 6.04 Å². The van der Waals surface area contributed by atoms with E-state index in [0.717, 1.165) is 28.0 Å². The molecule has 126 valence electrons. The van der Waals surface area contributed by atoms with E-state index in [1.54, 1.807) is 0 Å². The first-order chi connectivity index (χ1) is 12.2. The Hall–Kier alpha value is -2.85. The minimum absolute atomic E-state index is 0.120. The van der Waals surface area contributed by atoms with Gasteiger partial charge in [-0.25, -0.2) is 4.98 Å². The standard InChI is InChI=1S/C21H21N3O/c1-15(22)21-23-18-10-4-5-11-19(18)24(21)13-14-25-20-12-6-8-16-7-2-3-9-17(16)20/h2-12,15H,13-14,22H2,1H3. The predicted molar refractivity (Wildman–Crippen MR) is 102 cm³/mol. The topological polar surface area (TPSA) is 53.1 Å². The third-order valence-corrected chi connectivity index (χ3v) is 4.41. The van der Waals surface area contributed by atoms with Gasteiger partial charge in [-0.2, -0.15) is 0 Å². The Labute approximate surface area is 146 Å². The van der Waals surface area contributed by atoms with Crippen molar-refractivity contribution in [2.24, 2.45) is 5.73 Å². The number of aromatic nitrogens is 2. The lowest BCUT2D eigenvalue weighted by molar-refractivity contribution is 0.300. The summed E-state index contributed by atoms with van der Waals surface area (Å²) in [4.78, 5) is 4.67. The largest absolute Gasteiger partial charge is 0.491 e. The molecule has 0 aliphatic carbocycles. The van der Waals surface area contributed by atoms with E-state index in [1.807, 2.05) is 49.4 Å². The second-order valence-electron chi connectivity index (χ2n) is 6.22. The fourth-order valence-electron chi connectivity index (χ4n) is 3.25. The molecule has 0 fully saturated rings. The molecule has 0 saturated heterocycles. The lowest BCUT2D eigenvalue weighted by Gasteiger charge is -2.13. The van der Waals surface area contributed by atoms with Gasteiger partial charge in [-0.05, 0) is 30.5 Å². The van der Waals surface area contributed by atoms with Crippen LogP contribution < -0.4 is 10.5 Å². The molecule has 25 heavy (non-hydrogen) atoms. The summed E-state index contributed by atoms with van der Waals surface area (Å²) in [5.74, 6) is 1.80. The van der Waals surface area contributed by atoms with E-state index < -0.39 is 0 Å². The molecule has 2 N–H and O–H groups in total. The smallest absolute Gasteiger partial charge is 0.127 e. The summed E-state index contributed by atoms with van der Waals surface area (Å²) in [6, 6.07) is 22.4. The number of nitrogens with two attached hydrogens (primary N) is 1. The molecule has 4 heteroatoms. The van der Waals surface area contributed by atoms with Crippen LogP contribution in [0.3, 0.4) is 0 Å². The second kappa shape index (κ2) is 6.57. The molecule has 0 bridgehead atoms. The molecule has 4 aromatic rings. The summed E-state index contributed by atoms with van der Waals surface area (Å²) in [5.41, 5.74) is 8.18. The first-order valence-corrected chi connectivity index (χ1v) is 8.55. The Bertz CT molecular complexity index is 1010. The number of hydrogen-bond donors (Lipinski definition) is 1. The maximum absolute atomic E-state index is 6.11. The molecule has 4 nitrogen and oxygen atoms in total. The minimum atomic E-state index is -0.120. The highest BCUT2D eigenvalue weighted by atomic mass is 16.5. The van der Waals surface area contributed by atoms with Crippen LogP contribution >= 0.6 is 0 Å². The summed E-state index contributed by atoms with van der Waals surface area (Å²) < 4.78 is 8.24. The molecule has 0 spiro atoms. The quantitative estimate of drug-likeness (QED) is 0.593. The molecule has 0 radical (unpaired) electrons. The molecule has 4 rings (SSSR count). The zero-order valence-electron chi connectivity index (χ0n) is 14.2. The Morgan fingerprint density at radius 3 is 2.64 bits per heavy atom. The van der Waals surface area contributed by atoms with Crippen molar-refractivity contribution in [3.05, 3.63) is 72.6 Å². The van der Waals surface area contributed by atoms with Crippen LogP contribution in [-0.2, 0) is 6.54 Å². The number of benzene rings is 3. The van der Waals surface area contributed by atoms with E-state index in [0.29, 0.717) is 13.2 Å². The van der Waals surface area contributed by atoms with Crippen LogP contribution in [0, 0.1) is 0 Å². The van der Waals surface area contributed by atoms with Crippen LogP contribution in [0.4, 0.5) is 0 Å². The van der Waals surface area contributed by atoms with Crippen LogP contribution in [0.25, 0.3) is 21.8 Å². The maximum Gasteiger partial charge on any atom is 0.127 e. The van der Waals surface area contributed by atoms with Crippen LogP contribution in [0.15, 0.2) is 66.7 Å². The van der Waals surface area contributed by atoms with Gasteiger partial charge >= 0.3 is 0 Å². The van der Waals surface area contributed by atoms with Gasteiger partial charge < -0.3 is 15.0 Å². The lowest BCUT2D eigenvalue weighted by atomic mass is 10.1. The van der Waals surface area contributed by atoms with E-state index >= 15 is 0 Å². The van der Waals surface area contributed by atoms with Gasteiger partial charge in [0.25, 0.3) is 0 Å². The summed E-state index contributed by atoms with van der Waals surface area (Å²) in [5, 5.41) is 2.32. The third kappa shape index (κ3) is 2.96. The van der Waals surface area contributed by atoms with Crippen molar-refractivity contribution in [3.63, 3.8) is 0 Å². The highest BCUT2D eigenvalue weighted by molar-refractivity contribution is 5.88. The first-order valence-electron chi connectivity index (χ1n) is 8.55. The monoisotopic (exact) mass is 331 g/mol. The Morgan fingerprint density at radius 1 is 1.00 bits per heavy atom. The van der Waals surface area contributed by atoms with Gasteiger partial charge in [0.2, 0.25) is 0 Å². The SMILES string of the molecule is CC(N)c1nc2ccccc2n1CCOc1cccc2ccccc12. The summed E-state index contributed by atoms with van der Waals surface area (Å²) in [6.45, 7) is 3.23. The molecule has 1 unspecified atom stereocenters. The second-order valence-corrected chi connectivity index (χ2v) is 6.22. The van der Waals surface area contributed by atoms with Crippen LogP contribution in [-0.4, -0.2) is 16.2 Å². The van der Waals surface area contributed by atoms with Crippen molar-refractivity contribution >= 4 is 21.8 Å². The summed E-state index contributed by atoms with van der Waals surface area (Å²) in [7, 11) is 0. The minimum Gasteiger partial charge on any atom is -0.491 e. The fourth-order valence-corrected chi connectivity index (χ4v) is 3.25. The lowest BCUT2D eigenvalue weighted by Crippen LogP contribution is -2.16. The van der Waals surface area contributed by atoms with Crippen molar-refractivity contribution in [2.45, 2.75) is 19.5 Å². The summed E-state index contributed by atoms with van der Waals surface area (Å²) >= 11 is 0. The molecule has 1 heterocycles. The van der Waals surface area contributed by atoms with Gasteiger partial charge in [0.1, 0.15) is 18.2 Å². The maximum atomic E-state index is 6.11. The molecule has 0 saturated carbocycles. The van der Waals surface area contributed by atoms with E-state index in [2.05, 4.69) is 33.8 Å². The van der Waals surface area contributed by atoms with Crippen molar-refractivity contribution in [2.75, 3.05) is 6.61 Å². The van der Waals surface area contributed by atoms with Crippen molar-refractivity contribution in [1.82, 2.24) is 9.55 Å². The molecule has 1 atom stereocenters. The molecule has 0 aliphatic rings. The molecular formula is C21H21N3O. The molecule has 1 aromatic heterocycles. The predicted octanol–water partition coefficient (Wildman–Crippen LogP) is 4.29. The Morgan fingerprint density at radius 2 is 1.76 bits per heavy atom. The molecular weight excluding hydrogens is 310 g/mol. The van der Waals surface area contributed by atoms with Gasteiger partial charge in [-0.3, -0.25) is 0 Å². The first kappa shape index (κ1) is 15.7. The number of nitrogens with zero attached hydrogens (tertiary/aromatic N) is 2. The van der Waals surface area contributed by atoms with Crippen LogP contribution in [0.2, 0.25) is 0 Å². The van der Waals surface area contributed by atoms with Gasteiger partial charge in [0.15, 0.2) is 0 Å². The highest BCUT2D eigenvalue weighted by Gasteiger charge is 2.13. The van der Waals surface area contributed by atoms with Crippen LogP contribution in [0.1, 0.15) is 18.8 Å². The molecule has 0 amide bonds. The van der Waals surface area contributed by atoms with Gasteiger partial charge in [0.05, 0.1) is 23.6 Å². The van der Waals surface area contributed by atoms with Crippen molar-refractivity contribution in [3.8, 4) is 5.75 Å². The zero-order valence-corrected chi connectivity index (χ0v) is 14.2. The number of hydrogen-bond acceptors (Lipinski definition) is 3. The number of ether oxygens (including phenoxy) is 1. The number of para-hydroxylation sites is 2. The van der Waals surface area contributed by atoms with E-state index in [4.69, 9.17) is 10.5 Å². The van der Waals surface area contributed by atoms with Crippen molar-refractivity contribution < 1.29 is 4.74 Å². The van der Waals surface area contributed by atoms with Gasteiger partial charge in [-0.15, -0.1) is 0 Å². The highest BCUT2D eigenvalue weighted by Crippen LogP contribution is 2.25. The van der Waals surface area contributed by atoms with Crippen LogP contribution in [0.5, 0.6) is 5.75 Å². The van der Waals surface area contributed by atoms with Gasteiger partial charge in [0, 0.05) is 5.39 Å². The Kier molecular flexibility index (Phi) is 4.12. The fraction of sp³-hybridized carbons (Fsp3) is 0.190. The number of imidazole rings is 1. The average Bonchev–Trinajstić information content (AvgIpc) is 3.01. The number of fused-ring (bicyclic) bond motifs is 2. The van der Waals surface area contributed by atoms with E-state index in [9.17, 15) is 0 Å².